The Bertz CT molecular complexity index is 574. The number of hydrogen-bond donors (Lipinski definition) is 1. The summed E-state index contributed by atoms with van der Waals surface area (Å²) in [5.74, 6) is 0.986. The summed E-state index contributed by atoms with van der Waals surface area (Å²) in [6.45, 7) is 2.95. The maximum absolute atomic E-state index is 11.9. The fraction of sp³-hybridized carbons (Fsp3) is 0.500. The van der Waals surface area contributed by atoms with Crippen molar-refractivity contribution in [3.8, 4) is 5.75 Å². The molecule has 1 aromatic heterocycles. The van der Waals surface area contributed by atoms with Crippen LogP contribution in [0.5, 0.6) is 5.75 Å². The van der Waals surface area contributed by atoms with Crippen molar-refractivity contribution in [1.29, 1.82) is 0 Å². The third-order valence-electron chi connectivity index (χ3n) is 3.11. The lowest BCUT2D eigenvalue weighted by atomic mass is 10.2. The normalized spacial score (nSPS) is 10.7. The van der Waals surface area contributed by atoms with Crippen LogP contribution in [-0.2, 0) is 0 Å². The number of ether oxygens (including phenoxy) is 1. The predicted octanol–water partition coefficient (Wildman–Crippen LogP) is 2.26. The van der Waals surface area contributed by atoms with Crippen LogP contribution in [0, 0.1) is 5.21 Å². The van der Waals surface area contributed by atoms with Gasteiger partial charge in [-0.3, -0.25) is 0 Å². The van der Waals surface area contributed by atoms with Crippen LogP contribution in [0.1, 0.15) is 32.6 Å². The predicted molar refractivity (Wildman–Crippen MR) is 77.7 cm³/mol. The minimum absolute atomic E-state index is 0.370. The van der Waals surface area contributed by atoms with E-state index in [2.05, 4.69) is 22.3 Å². The third-order valence-corrected chi connectivity index (χ3v) is 3.11. The number of hydrogen-bond acceptors (Lipinski definition) is 5. The molecule has 0 aliphatic rings. The molecule has 0 aliphatic carbocycles. The maximum Gasteiger partial charge on any atom is 0.290 e. The van der Waals surface area contributed by atoms with E-state index in [-0.39, 0.29) is 0 Å². The number of nitrogens with zero attached hydrogens (tertiary/aromatic N) is 3. The Balaban J connectivity index is 2.08. The van der Waals surface area contributed by atoms with Crippen molar-refractivity contribution in [1.82, 2.24) is 10.1 Å². The van der Waals surface area contributed by atoms with Crippen molar-refractivity contribution in [3.63, 3.8) is 0 Å². The molecule has 0 aliphatic heterocycles. The standard InChI is InChI=1S/C14H20N4O2/c1-3-4-5-6-9-15-14-16-12-8-7-11(20-2)10-13(12)18(19)17-14/h7-8,10H,3-6,9H2,1-2H3,(H,15,16,17). The van der Waals surface area contributed by atoms with Gasteiger partial charge in [-0.15, -0.1) is 0 Å². The first-order chi connectivity index (χ1) is 9.74. The molecule has 108 valence electrons. The van der Waals surface area contributed by atoms with E-state index in [1.807, 2.05) is 0 Å². The van der Waals surface area contributed by atoms with Gasteiger partial charge < -0.3 is 15.3 Å². The summed E-state index contributed by atoms with van der Waals surface area (Å²) >= 11 is 0. The van der Waals surface area contributed by atoms with Gasteiger partial charge in [0.2, 0.25) is 0 Å². The molecule has 0 fully saturated rings. The second-order valence-electron chi connectivity index (χ2n) is 4.65. The highest BCUT2D eigenvalue weighted by Gasteiger charge is 2.11. The van der Waals surface area contributed by atoms with E-state index >= 15 is 0 Å². The fourth-order valence-electron chi connectivity index (χ4n) is 1.98. The van der Waals surface area contributed by atoms with Gasteiger partial charge in [-0.25, -0.2) is 4.98 Å². The molecule has 0 bridgehead atoms. The summed E-state index contributed by atoms with van der Waals surface area (Å²) in [5.41, 5.74) is 1.01. The average molecular weight is 276 g/mol. The molecule has 2 rings (SSSR count). The summed E-state index contributed by atoms with van der Waals surface area (Å²) < 4.78 is 5.09. The molecule has 2 aromatic rings. The number of nitrogens with one attached hydrogen (secondary N) is 1. The largest absolute Gasteiger partial charge is 0.594 e. The van der Waals surface area contributed by atoms with Gasteiger partial charge in [0.15, 0.2) is 0 Å². The van der Waals surface area contributed by atoms with Gasteiger partial charge in [0, 0.05) is 6.54 Å². The van der Waals surface area contributed by atoms with Crippen molar-refractivity contribution < 1.29 is 9.58 Å². The Kier molecular flexibility index (Phi) is 4.92. The van der Waals surface area contributed by atoms with Crippen LogP contribution in [0.3, 0.4) is 0 Å². The number of benzene rings is 1. The first-order valence-corrected chi connectivity index (χ1v) is 6.94. The zero-order chi connectivity index (χ0) is 14.4. The van der Waals surface area contributed by atoms with E-state index in [1.54, 1.807) is 25.3 Å². The first kappa shape index (κ1) is 14.3. The first-order valence-electron chi connectivity index (χ1n) is 6.94. The highest BCUT2D eigenvalue weighted by atomic mass is 16.5. The van der Waals surface area contributed by atoms with Crippen molar-refractivity contribution in [2.45, 2.75) is 32.6 Å². The molecular formula is C14H20N4O2. The lowest BCUT2D eigenvalue weighted by Crippen LogP contribution is -2.33. The summed E-state index contributed by atoms with van der Waals surface area (Å²) in [7, 11) is 1.56. The quantitative estimate of drug-likeness (QED) is 0.477. The monoisotopic (exact) mass is 276 g/mol. The van der Waals surface area contributed by atoms with Crippen molar-refractivity contribution in [2.24, 2.45) is 0 Å². The third kappa shape index (κ3) is 3.46. The Labute approximate surface area is 118 Å². The van der Waals surface area contributed by atoms with Crippen LogP contribution >= 0.6 is 0 Å². The van der Waals surface area contributed by atoms with Crippen LogP contribution in [0.2, 0.25) is 0 Å². The Hall–Kier alpha value is -2.11. The number of unbranched alkanes of at least 4 members (excludes halogenated alkanes) is 3. The lowest BCUT2D eigenvalue weighted by Gasteiger charge is -2.06. The van der Waals surface area contributed by atoms with E-state index in [0.717, 1.165) is 13.0 Å². The Morgan fingerprint density at radius 1 is 1.30 bits per heavy atom. The molecule has 0 amide bonds. The Morgan fingerprint density at radius 2 is 2.15 bits per heavy atom. The molecule has 0 spiro atoms. The average Bonchev–Trinajstić information content (AvgIpc) is 2.47. The highest BCUT2D eigenvalue weighted by Crippen LogP contribution is 2.16. The maximum atomic E-state index is 11.9. The smallest absolute Gasteiger partial charge is 0.290 e. The van der Waals surface area contributed by atoms with Crippen molar-refractivity contribution in [3.05, 3.63) is 23.4 Å². The van der Waals surface area contributed by atoms with Crippen LogP contribution in [-0.4, -0.2) is 23.7 Å². The lowest BCUT2D eigenvalue weighted by molar-refractivity contribution is -0.641. The molecule has 20 heavy (non-hydrogen) atoms. The molecule has 1 aromatic carbocycles. The molecule has 0 saturated heterocycles. The summed E-state index contributed by atoms with van der Waals surface area (Å²) in [4.78, 5) is 4.91. The van der Waals surface area contributed by atoms with Crippen LogP contribution < -0.4 is 14.9 Å². The summed E-state index contributed by atoms with van der Waals surface area (Å²) in [6.07, 6.45) is 4.65. The molecule has 0 atom stereocenters. The van der Waals surface area contributed by atoms with Gasteiger partial charge in [-0.1, -0.05) is 26.2 Å². The zero-order valence-corrected chi connectivity index (χ0v) is 11.9. The second-order valence-corrected chi connectivity index (χ2v) is 4.65. The fourth-order valence-corrected chi connectivity index (χ4v) is 1.98. The number of rotatable bonds is 7. The summed E-state index contributed by atoms with van der Waals surface area (Å²) in [6, 6.07) is 5.17. The SMILES string of the molecule is CCCCCCNc1nc2ccc(OC)cc2[n+]([O-])n1. The molecule has 1 N–H and O–H groups in total. The van der Waals surface area contributed by atoms with E-state index in [4.69, 9.17) is 4.74 Å². The number of methoxy groups -OCH3 is 1. The number of aromatic nitrogens is 3. The van der Waals surface area contributed by atoms with E-state index in [9.17, 15) is 5.21 Å². The van der Waals surface area contributed by atoms with Crippen LogP contribution in [0.25, 0.3) is 11.0 Å². The zero-order valence-electron chi connectivity index (χ0n) is 11.9. The molecule has 6 nitrogen and oxygen atoms in total. The topological polar surface area (TPSA) is 74.0 Å². The minimum atomic E-state index is 0.370. The highest BCUT2D eigenvalue weighted by molar-refractivity contribution is 5.73. The molecule has 0 radical (unpaired) electrons. The van der Waals surface area contributed by atoms with Gasteiger partial charge in [0.25, 0.3) is 11.5 Å². The van der Waals surface area contributed by atoms with E-state index < -0.39 is 0 Å². The van der Waals surface area contributed by atoms with Gasteiger partial charge in [0.05, 0.1) is 18.3 Å². The van der Waals surface area contributed by atoms with Gasteiger partial charge in [0.1, 0.15) is 11.3 Å². The van der Waals surface area contributed by atoms with Crippen LogP contribution in [0.15, 0.2) is 18.2 Å². The van der Waals surface area contributed by atoms with Gasteiger partial charge in [-0.2, -0.15) is 0 Å². The summed E-state index contributed by atoms with van der Waals surface area (Å²) in [5, 5.41) is 18.8. The van der Waals surface area contributed by atoms with E-state index in [1.165, 1.54) is 19.3 Å². The Morgan fingerprint density at radius 3 is 2.90 bits per heavy atom. The molecular weight excluding hydrogens is 256 g/mol. The number of fused-ring (bicyclic) bond motifs is 1. The van der Waals surface area contributed by atoms with Gasteiger partial charge in [-0.05, 0) is 23.4 Å². The molecule has 6 heteroatoms. The minimum Gasteiger partial charge on any atom is -0.594 e. The molecule has 0 unspecified atom stereocenters. The molecule has 1 heterocycles. The molecule has 0 saturated carbocycles. The van der Waals surface area contributed by atoms with Crippen LogP contribution in [0.4, 0.5) is 5.95 Å². The van der Waals surface area contributed by atoms with E-state index in [0.29, 0.717) is 27.6 Å². The van der Waals surface area contributed by atoms with Crippen molar-refractivity contribution >= 4 is 17.0 Å². The number of anilines is 1. The second kappa shape index (κ2) is 6.88. The van der Waals surface area contributed by atoms with Gasteiger partial charge >= 0.3 is 0 Å². The van der Waals surface area contributed by atoms with Crippen molar-refractivity contribution in [2.75, 3.05) is 19.0 Å².